The highest BCUT2D eigenvalue weighted by Gasteiger charge is 2.19. The molecule has 0 fully saturated rings. The third kappa shape index (κ3) is 3.30. The maximum absolute atomic E-state index is 4.07. The average molecular weight is 293 g/mol. The van der Waals surface area contributed by atoms with Crippen LogP contribution in [0.15, 0.2) is 41.4 Å². The molecule has 2 aromatic rings. The Hall–Kier alpha value is -1.89. The molecule has 0 heterocycles. The second kappa shape index (κ2) is 6.91. The van der Waals surface area contributed by atoms with Crippen molar-refractivity contribution in [3.05, 3.63) is 64.2 Å². The third-order valence-corrected chi connectivity index (χ3v) is 4.52. The summed E-state index contributed by atoms with van der Waals surface area (Å²) in [7, 11) is 0. The number of aryl methyl sites for hydroxylation is 3. The molecule has 1 unspecified atom stereocenters. The maximum atomic E-state index is 4.07. The van der Waals surface area contributed by atoms with Crippen LogP contribution in [-0.4, -0.2) is 6.72 Å². The van der Waals surface area contributed by atoms with E-state index in [-0.39, 0.29) is 0 Å². The number of rotatable bonds is 5. The number of hydrogen-bond acceptors (Lipinski definition) is 1. The molecule has 1 heteroatoms. The van der Waals surface area contributed by atoms with Crippen molar-refractivity contribution in [2.75, 3.05) is 0 Å². The monoisotopic (exact) mass is 293 g/mol. The fourth-order valence-electron chi connectivity index (χ4n) is 3.32. The van der Waals surface area contributed by atoms with Crippen LogP contribution in [0.3, 0.4) is 0 Å². The quantitative estimate of drug-likeness (QED) is 0.601. The van der Waals surface area contributed by atoms with Crippen LogP contribution in [0, 0.1) is 19.8 Å². The van der Waals surface area contributed by atoms with Gasteiger partial charge in [-0.25, -0.2) is 0 Å². The van der Waals surface area contributed by atoms with Gasteiger partial charge in [0.2, 0.25) is 0 Å². The largest absolute Gasteiger partial charge is 0.264 e. The van der Waals surface area contributed by atoms with Crippen LogP contribution in [-0.2, 0) is 6.42 Å². The van der Waals surface area contributed by atoms with Gasteiger partial charge in [-0.3, -0.25) is 4.99 Å². The molecule has 0 radical (unpaired) electrons. The zero-order valence-electron chi connectivity index (χ0n) is 14.5. The van der Waals surface area contributed by atoms with E-state index in [1.165, 1.54) is 27.8 Å². The summed E-state index contributed by atoms with van der Waals surface area (Å²) >= 11 is 0. The summed E-state index contributed by atoms with van der Waals surface area (Å²) in [4.78, 5) is 4.07. The van der Waals surface area contributed by atoms with E-state index in [0.29, 0.717) is 11.8 Å². The Balaban J connectivity index is 2.48. The van der Waals surface area contributed by atoms with Gasteiger partial charge in [0.05, 0.1) is 5.69 Å². The topological polar surface area (TPSA) is 12.4 Å². The summed E-state index contributed by atoms with van der Waals surface area (Å²) in [6, 6.07) is 13.5. The molecular formula is C21H27N. The van der Waals surface area contributed by atoms with Crippen molar-refractivity contribution in [2.24, 2.45) is 10.9 Å². The normalized spacial score (nSPS) is 12.5. The van der Waals surface area contributed by atoms with E-state index in [9.17, 15) is 0 Å². The third-order valence-electron chi connectivity index (χ3n) is 4.52. The molecule has 116 valence electrons. The Morgan fingerprint density at radius 1 is 0.955 bits per heavy atom. The minimum absolute atomic E-state index is 0.419. The van der Waals surface area contributed by atoms with Gasteiger partial charge >= 0.3 is 0 Å². The fraction of sp³-hybridized carbons (Fsp3) is 0.381. The zero-order chi connectivity index (χ0) is 16.3. The van der Waals surface area contributed by atoms with Gasteiger partial charge in [-0.1, -0.05) is 51.1 Å². The van der Waals surface area contributed by atoms with E-state index in [1.54, 1.807) is 0 Å². The first-order valence-corrected chi connectivity index (χ1v) is 8.14. The van der Waals surface area contributed by atoms with Crippen molar-refractivity contribution >= 4 is 12.4 Å². The molecule has 2 aromatic carbocycles. The first kappa shape index (κ1) is 16.5. The van der Waals surface area contributed by atoms with Crippen LogP contribution in [0.2, 0.25) is 0 Å². The van der Waals surface area contributed by atoms with Crippen LogP contribution in [0.25, 0.3) is 0 Å². The highest BCUT2D eigenvalue weighted by atomic mass is 14.7. The van der Waals surface area contributed by atoms with Crippen LogP contribution in [0.1, 0.15) is 54.5 Å². The van der Waals surface area contributed by atoms with Crippen molar-refractivity contribution in [2.45, 2.75) is 47.0 Å². The molecule has 1 atom stereocenters. The molecular weight excluding hydrogens is 266 g/mol. The molecule has 2 rings (SSSR count). The Bertz CT molecular complexity index is 668. The average Bonchev–Trinajstić information content (AvgIpc) is 2.47. The van der Waals surface area contributed by atoms with Gasteiger partial charge in [0.1, 0.15) is 0 Å². The van der Waals surface area contributed by atoms with E-state index in [2.05, 4.69) is 82.7 Å². The Labute approximate surface area is 135 Å². The van der Waals surface area contributed by atoms with E-state index < -0.39 is 0 Å². The smallest absolute Gasteiger partial charge is 0.0651 e. The summed E-state index contributed by atoms with van der Waals surface area (Å²) in [5.41, 5.74) is 7.77. The minimum atomic E-state index is 0.419. The molecule has 0 saturated carbocycles. The lowest BCUT2D eigenvalue weighted by atomic mass is 9.81. The SMILES string of the molecule is C=Nc1ccc(C(c2ccc(CC)c(C)c2)C(C)C)cc1C. The predicted molar refractivity (Wildman–Crippen MR) is 97.6 cm³/mol. The Morgan fingerprint density at radius 3 is 2.00 bits per heavy atom. The van der Waals surface area contributed by atoms with Crippen LogP contribution in [0.4, 0.5) is 5.69 Å². The molecule has 0 amide bonds. The van der Waals surface area contributed by atoms with Crippen molar-refractivity contribution in [1.82, 2.24) is 0 Å². The molecule has 1 nitrogen and oxygen atoms in total. The summed E-state index contributed by atoms with van der Waals surface area (Å²) in [5, 5.41) is 0. The van der Waals surface area contributed by atoms with Gasteiger partial charge in [-0.05, 0) is 66.8 Å². The summed E-state index contributed by atoms with van der Waals surface area (Å²) in [6.45, 7) is 14.8. The van der Waals surface area contributed by atoms with Gasteiger partial charge in [0, 0.05) is 5.92 Å². The lowest BCUT2D eigenvalue weighted by Gasteiger charge is -2.24. The second-order valence-electron chi connectivity index (χ2n) is 6.47. The highest BCUT2D eigenvalue weighted by molar-refractivity contribution is 5.53. The molecule has 0 saturated heterocycles. The van der Waals surface area contributed by atoms with Crippen molar-refractivity contribution in [3.63, 3.8) is 0 Å². The number of nitrogens with zero attached hydrogens (tertiary/aromatic N) is 1. The van der Waals surface area contributed by atoms with Gasteiger partial charge in [0.25, 0.3) is 0 Å². The van der Waals surface area contributed by atoms with Gasteiger partial charge in [0.15, 0.2) is 0 Å². The minimum Gasteiger partial charge on any atom is -0.264 e. The molecule has 0 bridgehead atoms. The molecule has 0 spiro atoms. The van der Waals surface area contributed by atoms with Crippen LogP contribution >= 0.6 is 0 Å². The van der Waals surface area contributed by atoms with Crippen molar-refractivity contribution in [1.29, 1.82) is 0 Å². The molecule has 0 aliphatic rings. The molecule has 0 aliphatic carbocycles. The standard InChI is InChI=1S/C21H27N/c1-7-17-8-9-18(12-15(17)4)21(14(2)3)19-10-11-20(22-6)16(5)13-19/h8-14,21H,6-7H2,1-5H3. The number of aliphatic imine (C=N–C) groups is 1. The first-order valence-electron chi connectivity index (χ1n) is 8.14. The molecule has 0 aromatic heterocycles. The Kier molecular flexibility index (Phi) is 5.18. The van der Waals surface area contributed by atoms with Crippen LogP contribution < -0.4 is 0 Å². The van der Waals surface area contributed by atoms with E-state index >= 15 is 0 Å². The predicted octanol–water partition coefficient (Wildman–Crippen LogP) is 5.99. The van der Waals surface area contributed by atoms with Crippen molar-refractivity contribution < 1.29 is 0 Å². The summed E-state index contributed by atoms with van der Waals surface area (Å²) < 4.78 is 0. The van der Waals surface area contributed by atoms with E-state index in [4.69, 9.17) is 0 Å². The molecule has 0 N–H and O–H groups in total. The fourth-order valence-corrected chi connectivity index (χ4v) is 3.32. The zero-order valence-corrected chi connectivity index (χ0v) is 14.5. The highest BCUT2D eigenvalue weighted by Crippen LogP contribution is 2.35. The number of hydrogen-bond donors (Lipinski definition) is 0. The molecule has 0 aliphatic heterocycles. The lowest BCUT2D eigenvalue weighted by molar-refractivity contribution is 0.563. The second-order valence-corrected chi connectivity index (χ2v) is 6.47. The Morgan fingerprint density at radius 2 is 1.55 bits per heavy atom. The van der Waals surface area contributed by atoms with Crippen molar-refractivity contribution in [3.8, 4) is 0 Å². The maximum Gasteiger partial charge on any atom is 0.0651 e. The number of benzene rings is 2. The molecule has 22 heavy (non-hydrogen) atoms. The lowest BCUT2D eigenvalue weighted by Crippen LogP contribution is -2.09. The van der Waals surface area contributed by atoms with E-state index in [1.807, 2.05) is 0 Å². The van der Waals surface area contributed by atoms with E-state index in [0.717, 1.165) is 12.1 Å². The summed E-state index contributed by atoms with van der Waals surface area (Å²) in [6.07, 6.45) is 1.09. The summed E-state index contributed by atoms with van der Waals surface area (Å²) in [5.74, 6) is 0.969. The van der Waals surface area contributed by atoms with Crippen LogP contribution in [0.5, 0.6) is 0 Å². The first-order chi connectivity index (χ1) is 10.5. The van der Waals surface area contributed by atoms with Gasteiger partial charge in [-0.15, -0.1) is 0 Å². The van der Waals surface area contributed by atoms with Gasteiger partial charge in [-0.2, -0.15) is 0 Å². The van der Waals surface area contributed by atoms with Gasteiger partial charge < -0.3 is 0 Å².